The molecule has 0 aliphatic heterocycles. The largest absolute Gasteiger partial charge is 0.449 e. The van der Waals surface area contributed by atoms with Gasteiger partial charge in [-0.1, -0.05) is 42.5 Å². The molecule has 8 heteroatoms. The standard InChI is InChI=1S/C21H22N2O5S/c1-16(20(24)23-13-11-17-5-3-2-4-6-17)28-21(25)19-9-7-18(8-10-19)15-29(26,27)14-12-22/h2-10,16H,11,13-15H2,1H3,(H,23,24)/t16-/m0/s1. The highest BCUT2D eigenvalue weighted by Crippen LogP contribution is 2.11. The Kier molecular flexibility index (Phi) is 7.92. The highest BCUT2D eigenvalue weighted by Gasteiger charge is 2.19. The number of esters is 1. The van der Waals surface area contributed by atoms with Crippen LogP contribution in [0.25, 0.3) is 0 Å². The average molecular weight is 414 g/mol. The van der Waals surface area contributed by atoms with E-state index in [1.807, 2.05) is 30.3 Å². The number of carbonyl (C=O) groups is 2. The lowest BCUT2D eigenvalue weighted by molar-refractivity contribution is -0.129. The van der Waals surface area contributed by atoms with Crippen LogP contribution in [0.1, 0.15) is 28.4 Å². The molecule has 0 saturated carbocycles. The maximum atomic E-state index is 12.2. The van der Waals surface area contributed by atoms with Crippen molar-refractivity contribution in [2.75, 3.05) is 12.3 Å². The number of carbonyl (C=O) groups excluding carboxylic acids is 2. The fourth-order valence-electron chi connectivity index (χ4n) is 2.54. The van der Waals surface area contributed by atoms with Crippen LogP contribution in [0.15, 0.2) is 54.6 Å². The molecule has 2 rings (SSSR count). The Labute approximate surface area is 170 Å². The molecule has 0 aliphatic carbocycles. The summed E-state index contributed by atoms with van der Waals surface area (Å²) in [7, 11) is -3.51. The Morgan fingerprint density at radius 3 is 2.34 bits per heavy atom. The maximum Gasteiger partial charge on any atom is 0.338 e. The molecule has 0 spiro atoms. The van der Waals surface area contributed by atoms with Gasteiger partial charge in [0.1, 0.15) is 5.75 Å². The first-order chi connectivity index (χ1) is 13.8. The highest BCUT2D eigenvalue weighted by molar-refractivity contribution is 7.90. The summed E-state index contributed by atoms with van der Waals surface area (Å²) in [4.78, 5) is 24.3. The molecule has 0 saturated heterocycles. The van der Waals surface area contributed by atoms with Crippen molar-refractivity contribution in [1.82, 2.24) is 5.32 Å². The summed E-state index contributed by atoms with van der Waals surface area (Å²) in [5.74, 6) is -1.92. The van der Waals surface area contributed by atoms with Crippen molar-refractivity contribution in [3.8, 4) is 6.07 Å². The molecule has 1 atom stereocenters. The van der Waals surface area contributed by atoms with Crippen LogP contribution in [-0.4, -0.2) is 38.7 Å². The van der Waals surface area contributed by atoms with Crippen molar-refractivity contribution in [3.63, 3.8) is 0 Å². The van der Waals surface area contributed by atoms with Crippen molar-refractivity contribution in [1.29, 1.82) is 5.26 Å². The zero-order chi connectivity index (χ0) is 21.3. The molecular formula is C21H22N2O5S. The van der Waals surface area contributed by atoms with Crippen molar-refractivity contribution in [2.24, 2.45) is 0 Å². The minimum atomic E-state index is -3.51. The Hall–Kier alpha value is -3.18. The van der Waals surface area contributed by atoms with Gasteiger partial charge in [-0.05, 0) is 36.6 Å². The van der Waals surface area contributed by atoms with Crippen LogP contribution in [0.4, 0.5) is 0 Å². The average Bonchev–Trinajstić information content (AvgIpc) is 2.68. The first kappa shape index (κ1) is 22.1. The lowest BCUT2D eigenvalue weighted by Gasteiger charge is -2.14. The van der Waals surface area contributed by atoms with Crippen molar-refractivity contribution in [2.45, 2.75) is 25.2 Å². The number of sulfone groups is 1. The zero-order valence-corrected chi connectivity index (χ0v) is 16.8. The van der Waals surface area contributed by atoms with Crippen molar-refractivity contribution >= 4 is 21.7 Å². The van der Waals surface area contributed by atoms with Crippen molar-refractivity contribution in [3.05, 3.63) is 71.3 Å². The summed E-state index contributed by atoms with van der Waals surface area (Å²) >= 11 is 0. The SMILES string of the molecule is C[C@H](OC(=O)c1ccc(CS(=O)(=O)CC#N)cc1)C(=O)NCCc1ccccc1. The van der Waals surface area contributed by atoms with E-state index in [1.54, 1.807) is 6.07 Å². The lowest BCUT2D eigenvalue weighted by atomic mass is 10.1. The van der Waals surface area contributed by atoms with Gasteiger partial charge in [-0.2, -0.15) is 5.26 Å². The molecule has 0 bridgehead atoms. The second-order valence-electron chi connectivity index (χ2n) is 6.46. The number of hydrogen-bond donors (Lipinski definition) is 1. The zero-order valence-electron chi connectivity index (χ0n) is 16.0. The number of nitrogens with zero attached hydrogens (tertiary/aromatic N) is 1. The molecule has 0 fully saturated rings. The quantitative estimate of drug-likeness (QED) is 0.628. The summed E-state index contributed by atoms with van der Waals surface area (Å²) in [5, 5.41) is 11.2. The van der Waals surface area contributed by atoms with Gasteiger partial charge in [0.15, 0.2) is 15.9 Å². The first-order valence-corrected chi connectivity index (χ1v) is 10.8. The highest BCUT2D eigenvalue weighted by atomic mass is 32.2. The fourth-order valence-corrected chi connectivity index (χ4v) is 3.54. The van der Waals surface area contributed by atoms with Gasteiger partial charge in [-0.3, -0.25) is 4.79 Å². The number of ether oxygens (including phenoxy) is 1. The van der Waals surface area contributed by atoms with Crippen LogP contribution >= 0.6 is 0 Å². The fraction of sp³-hybridized carbons (Fsp3) is 0.286. The molecule has 0 unspecified atom stereocenters. The molecule has 1 N–H and O–H groups in total. The van der Waals surface area contributed by atoms with E-state index in [0.29, 0.717) is 18.5 Å². The second-order valence-corrected chi connectivity index (χ2v) is 8.53. The molecule has 152 valence electrons. The lowest BCUT2D eigenvalue weighted by Crippen LogP contribution is -2.36. The molecule has 7 nitrogen and oxygen atoms in total. The summed E-state index contributed by atoms with van der Waals surface area (Å²) in [6, 6.07) is 17.1. The molecule has 0 aromatic heterocycles. The molecular weight excluding hydrogens is 392 g/mol. The Morgan fingerprint density at radius 1 is 1.07 bits per heavy atom. The predicted molar refractivity (Wildman–Crippen MR) is 108 cm³/mol. The number of hydrogen-bond acceptors (Lipinski definition) is 6. The van der Waals surface area contributed by atoms with Gasteiger partial charge < -0.3 is 10.1 Å². The van der Waals surface area contributed by atoms with Gasteiger partial charge in [0.05, 0.1) is 17.4 Å². The molecule has 0 radical (unpaired) electrons. The smallest absolute Gasteiger partial charge is 0.338 e. The summed E-state index contributed by atoms with van der Waals surface area (Å²) < 4.78 is 28.5. The van der Waals surface area contributed by atoms with E-state index in [9.17, 15) is 18.0 Å². The number of rotatable bonds is 9. The van der Waals surface area contributed by atoms with Gasteiger partial charge in [0.25, 0.3) is 5.91 Å². The maximum absolute atomic E-state index is 12.2. The van der Waals surface area contributed by atoms with Crippen LogP contribution in [-0.2, 0) is 31.5 Å². The summed E-state index contributed by atoms with van der Waals surface area (Å²) in [5.41, 5.74) is 1.76. The molecule has 2 aromatic carbocycles. The van der Waals surface area contributed by atoms with E-state index in [0.717, 1.165) is 5.56 Å². The predicted octanol–water partition coefficient (Wildman–Crippen LogP) is 2.03. The minimum Gasteiger partial charge on any atom is -0.449 e. The molecule has 2 aromatic rings. The minimum absolute atomic E-state index is 0.204. The third-order valence-electron chi connectivity index (χ3n) is 4.07. The van der Waals surface area contributed by atoms with E-state index in [2.05, 4.69) is 5.32 Å². The van der Waals surface area contributed by atoms with Crippen LogP contribution in [0.5, 0.6) is 0 Å². The molecule has 0 aliphatic rings. The summed E-state index contributed by atoms with van der Waals surface area (Å²) in [6.07, 6.45) is -0.294. The van der Waals surface area contributed by atoms with Crippen LogP contribution in [0.3, 0.4) is 0 Å². The van der Waals surface area contributed by atoms with Gasteiger partial charge in [0, 0.05) is 6.54 Å². The number of nitrogens with one attached hydrogen (secondary N) is 1. The van der Waals surface area contributed by atoms with Gasteiger partial charge in [-0.25, -0.2) is 13.2 Å². The van der Waals surface area contributed by atoms with E-state index in [-0.39, 0.29) is 11.3 Å². The first-order valence-electron chi connectivity index (χ1n) is 8.99. The number of benzene rings is 2. The van der Waals surface area contributed by atoms with E-state index >= 15 is 0 Å². The number of amides is 1. The van der Waals surface area contributed by atoms with Crippen LogP contribution < -0.4 is 5.32 Å². The monoisotopic (exact) mass is 414 g/mol. The molecule has 1 amide bonds. The van der Waals surface area contributed by atoms with Crippen molar-refractivity contribution < 1.29 is 22.7 Å². The topological polar surface area (TPSA) is 113 Å². The van der Waals surface area contributed by atoms with Gasteiger partial charge in [-0.15, -0.1) is 0 Å². The third kappa shape index (κ3) is 7.39. The normalized spacial score (nSPS) is 11.9. The Bertz CT molecular complexity index is 980. The second kappa shape index (κ2) is 10.4. The van der Waals surface area contributed by atoms with E-state index in [4.69, 9.17) is 10.00 Å². The number of nitriles is 1. The Balaban J connectivity index is 1.83. The van der Waals surface area contributed by atoms with Crippen LogP contribution in [0.2, 0.25) is 0 Å². The Morgan fingerprint density at radius 2 is 1.72 bits per heavy atom. The molecule has 29 heavy (non-hydrogen) atoms. The summed E-state index contributed by atoms with van der Waals surface area (Å²) in [6.45, 7) is 1.91. The van der Waals surface area contributed by atoms with E-state index in [1.165, 1.54) is 31.2 Å². The third-order valence-corrected chi connectivity index (χ3v) is 5.41. The van der Waals surface area contributed by atoms with E-state index < -0.39 is 33.6 Å². The molecule has 0 heterocycles. The van der Waals surface area contributed by atoms with Gasteiger partial charge >= 0.3 is 5.97 Å². The van der Waals surface area contributed by atoms with Crippen LogP contribution in [0, 0.1) is 11.3 Å². The van der Waals surface area contributed by atoms with Gasteiger partial charge in [0.2, 0.25) is 0 Å².